The molecule has 0 bridgehead atoms. The molecule has 1 aromatic heterocycles. The quantitative estimate of drug-likeness (QED) is 0.804. The molecule has 0 spiro atoms. The highest BCUT2D eigenvalue weighted by Crippen LogP contribution is 2.17. The highest BCUT2D eigenvalue weighted by atomic mass is 16.5. The maximum atomic E-state index is 4.93. The first-order valence-corrected chi connectivity index (χ1v) is 5.44. The van der Waals surface area contributed by atoms with Gasteiger partial charge in [-0.15, -0.1) is 0 Å². The van der Waals surface area contributed by atoms with Gasteiger partial charge in [0.25, 0.3) is 0 Å². The first-order chi connectivity index (χ1) is 7.38. The summed E-state index contributed by atoms with van der Waals surface area (Å²) in [5.74, 6) is 0.781. The fourth-order valence-corrected chi connectivity index (χ4v) is 1.97. The maximum Gasteiger partial charge on any atom is 0.316 e. The van der Waals surface area contributed by atoms with Gasteiger partial charge < -0.3 is 10.1 Å². The van der Waals surface area contributed by atoms with E-state index in [2.05, 4.69) is 15.3 Å². The molecule has 1 N–H and O–H groups in total. The highest BCUT2D eigenvalue weighted by molar-refractivity contribution is 5.08. The van der Waals surface area contributed by atoms with Crippen LogP contribution in [0.1, 0.15) is 18.4 Å². The molecule has 2 rings (SSSR count). The first-order valence-electron chi connectivity index (χ1n) is 5.44. The van der Waals surface area contributed by atoms with Crippen LogP contribution in [0.4, 0.5) is 0 Å². The third kappa shape index (κ3) is 2.89. The van der Waals surface area contributed by atoms with Crippen LogP contribution in [0.15, 0.2) is 12.4 Å². The van der Waals surface area contributed by atoms with Gasteiger partial charge in [0, 0.05) is 12.4 Å². The fraction of sp³-hybridized carbons (Fsp3) is 0.636. The number of nitrogens with one attached hydrogen (secondary N) is 1. The van der Waals surface area contributed by atoms with E-state index >= 15 is 0 Å². The Bertz CT molecular complexity index is 293. The van der Waals surface area contributed by atoms with E-state index in [-0.39, 0.29) is 0 Å². The van der Waals surface area contributed by atoms with Crippen molar-refractivity contribution >= 4 is 0 Å². The predicted molar refractivity (Wildman–Crippen MR) is 57.9 cm³/mol. The molecule has 1 aliphatic heterocycles. The lowest BCUT2D eigenvalue weighted by molar-refractivity contribution is 0.366. The summed E-state index contributed by atoms with van der Waals surface area (Å²) in [6, 6.07) is 0.448. The van der Waals surface area contributed by atoms with Gasteiger partial charge >= 0.3 is 6.01 Å². The van der Waals surface area contributed by atoms with E-state index in [0.29, 0.717) is 6.01 Å². The number of ether oxygens (including phenoxy) is 1. The van der Waals surface area contributed by atoms with E-state index in [1.807, 2.05) is 12.4 Å². The molecule has 0 atom stereocenters. The Morgan fingerprint density at radius 2 is 2.00 bits per heavy atom. The van der Waals surface area contributed by atoms with E-state index in [1.54, 1.807) is 7.11 Å². The molecule has 2 heterocycles. The maximum absolute atomic E-state index is 4.93. The zero-order valence-corrected chi connectivity index (χ0v) is 9.07. The van der Waals surface area contributed by atoms with Gasteiger partial charge in [0.05, 0.1) is 7.11 Å². The topological polar surface area (TPSA) is 47.0 Å². The number of aromatic nitrogens is 2. The van der Waals surface area contributed by atoms with Crippen molar-refractivity contribution in [3.05, 3.63) is 18.0 Å². The molecule has 0 radical (unpaired) electrons. The SMILES string of the molecule is COc1ncc(CC2CCNCC2)cn1. The Hall–Kier alpha value is -1.16. The molecule has 0 unspecified atom stereocenters. The Morgan fingerprint density at radius 1 is 1.33 bits per heavy atom. The Labute approximate surface area is 90.1 Å². The molecule has 0 saturated carbocycles. The van der Waals surface area contributed by atoms with E-state index in [4.69, 9.17) is 4.74 Å². The summed E-state index contributed by atoms with van der Waals surface area (Å²) in [6.45, 7) is 2.28. The Kier molecular flexibility index (Phi) is 3.50. The Morgan fingerprint density at radius 3 is 2.60 bits per heavy atom. The van der Waals surface area contributed by atoms with Crippen LogP contribution in [-0.2, 0) is 6.42 Å². The second-order valence-electron chi connectivity index (χ2n) is 3.98. The predicted octanol–water partition coefficient (Wildman–Crippen LogP) is 1.03. The zero-order chi connectivity index (χ0) is 10.5. The van der Waals surface area contributed by atoms with Gasteiger partial charge in [-0.3, -0.25) is 0 Å². The molecular weight excluding hydrogens is 190 g/mol. The number of nitrogens with zero attached hydrogens (tertiary/aromatic N) is 2. The summed E-state index contributed by atoms with van der Waals surface area (Å²) in [6.07, 6.45) is 7.34. The number of rotatable bonds is 3. The molecule has 1 fully saturated rings. The molecule has 0 amide bonds. The summed E-state index contributed by atoms with van der Waals surface area (Å²) >= 11 is 0. The summed E-state index contributed by atoms with van der Waals surface area (Å²) < 4.78 is 4.93. The van der Waals surface area contributed by atoms with Crippen LogP contribution in [0.3, 0.4) is 0 Å². The van der Waals surface area contributed by atoms with Crippen molar-refractivity contribution in [2.24, 2.45) is 5.92 Å². The smallest absolute Gasteiger partial charge is 0.316 e. The highest BCUT2D eigenvalue weighted by Gasteiger charge is 2.13. The van der Waals surface area contributed by atoms with Crippen LogP contribution >= 0.6 is 0 Å². The van der Waals surface area contributed by atoms with Gasteiger partial charge in [0.1, 0.15) is 0 Å². The average molecular weight is 207 g/mol. The fourth-order valence-electron chi connectivity index (χ4n) is 1.97. The first kappa shape index (κ1) is 10.4. The summed E-state index contributed by atoms with van der Waals surface area (Å²) in [5.41, 5.74) is 1.21. The minimum absolute atomic E-state index is 0.448. The zero-order valence-electron chi connectivity index (χ0n) is 9.07. The number of hydrogen-bond acceptors (Lipinski definition) is 4. The van der Waals surface area contributed by atoms with Gasteiger partial charge in [0.15, 0.2) is 0 Å². The van der Waals surface area contributed by atoms with Gasteiger partial charge in [-0.1, -0.05) is 0 Å². The van der Waals surface area contributed by atoms with Crippen molar-refractivity contribution in [2.75, 3.05) is 20.2 Å². The molecule has 4 nitrogen and oxygen atoms in total. The van der Waals surface area contributed by atoms with Crippen LogP contribution in [0.2, 0.25) is 0 Å². The molecule has 0 aliphatic carbocycles. The molecular formula is C11H17N3O. The van der Waals surface area contributed by atoms with Crippen molar-refractivity contribution in [2.45, 2.75) is 19.3 Å². The van der Waals surface area contributed by atoms with Crippen LogP contribution < -0.4 is 10.1 Å². The van der Waals surface area contributed by atoms with Crippen molar-refractivity contribution < 1.29 is 4.74 Å². The molecule has 1 saturated heterocycles. The molecule has 0 aromatic carbocycles. The minimum Gasteiger partial charge on any atom is -0.467 e. The van der Waals surface area contributed by atoms with Crippen LogP contribution in [0.25, 0.3) is 0 Å². The summed E-state index contributed by atoms with van der Waals surface area (Å²) in [5, 5.41) is 3.37. The van der Waals surface area contributed by atoms with Crippen LogP contribution in [-0.4, -0.2) is 30.2 Å². The number of methoxy groups -OCH3 is 1. The van der Waals surface area contributed by atoms with Gasteiger partial charge in [-0.05, 0) is 43.8 Å². The van der Waals surface area contributed by atoms with Gasteiger partial charge in [0.2, 0.25) is 0 Å². The second-order valence-corrected chi connectivity index (χ2v) is 3.98. The van der Waals surface area contributed by atoms with Crippen molar-refractivity contribution in [1.82, 2.24) is 15.3 Å². The van der Waals surface area contributed by atoms with Crippen LogP contribution in [0.5, 0.6) is 6.01 Å². The van der Waals surface area contributed by atoms with Crippen molar-refractivity contribution in [1.29, 1.82) is 0 Å². The molecule has 15 heavy (non-hydrogen) atoms. The van der Waals surface area contributed by atoms with E-state index in [1.165, 1.54) is 18.4 Å². The third-order valence-corrected chi connectivity index (χ3v) is 2.85. The van der Waals surface area contributed by atoms with E-state index < -0.39 is 0 Å². The third-order valence-electron chi connectivity index (χ3n) is 2.85. The van der Waals surface area contributed by atoms with Gasteiger partial charge in [-0.2, -0.15) is 0 Å². The van der Waals surface area contributed by atoms with Crippen molar-refractivity contribution in [3.63, 3.8) is 0 Å². The molecule has 82 valence electrons. The Balaban J connectivity index is 1.91. The molecule has 1 aliphatic rings. The average Bonchev–Trinajstić information content (AvgIpc) is 2.31. The monoisotopic (exact) mass is 207 g/mol. The van der Waals surface area contributed by atoms with E-state index in [0.717, 1.165) is 25.4 Å². The number of hydrogen-bond donors (Lipinski definition) is 1. The lowest BCUT2D eigenvalue weighted by atomic mass is 9.92. The van der Waals surface area contributed by atoms with Crippen LogP contribution in [0, 0.1) is 5.92 Å². The van der Waals surface area contributed by atoms with Gasteiger partial charge in [-0.25, -0.2) is 9.97 Å². The largest absolute Gasteiger partial charge is 0.467 e. The standard InChI is InChI=1S/C11H17N3O/c1-15-11-13-7-10(8-14-11)6-9-2-4-12-5-3-9/h7-9,12H,2-6H2,1H3. The number of piperidine rings is 1. The lowest BCUT2D eigenvalue weighted by Gasteiger charge is -2.22. The van der Waals surface area contributed by atoms with Crippen molar-refractivity contribution in [3.8, 4) is 6.01 Å². The lowest BCUT2D eigenvalue weighted by Crippen LogP contribution is -2.28. The second kappa shape index (κ2) is 5.07. The minimum atomic E-state index is 0.448. The summed E-state index contributed by atoms with van der Waals surface area (Å²) in [4.78, 5) is 8.23. The normalized spacial score (nSPS) is 17.7. The molecule has 1 aromatic rings. The summed E-state index contributed by atoms with van der Waals surface area (Å²) in [7, 11) is 1.59. The van der Waals surface area contributed by atoms with E-state index in [9.17, 15) is 0 Å². The molecule has 4 heteroatoms.